The van der Waals surface area contributed by atoms with Crippen molar-refractivity contribution in [3.05, 3.63) is 65.4 Å². The first-order valence-electron chi connectivity index (χ1n) is 8.93. The van der Waals surface area contributed by atoms with Crippen LogP contribution >= 0.6 is 11.8 Å². The fraction of sp³-hybridized carbons (Fsp3) is 0.333. The fourth-order valence-electron chi connectivity index (χ4n) is 3.17. The zero-order valence-electron chi connectivity index (χ0n) is 15.9. The Balaban J connectivity index is 1.89. The Bertz CT molecular complexity index is 883. The average Bonchev–Trinajstić information content (AvgIpc) is 3.04. The smallest absolute Gasteiger partial charge is 0.141 e. The molecule has 0 radical (unpaired) electrons. The zero-order chi connectivity index (χ0) is 19.6. The maximum atomic E-state index is 10.0. The molecule has 1 aliphatic heterocycles. The maximum Gasteiger partial charge on any atom is 0.141 e. The van der Waals surface area contributed by atoms with Gasteiger partial charge in [-0.25, -0.2) is 9.97 Å². The number of ether oxygens (including phenoxy) is 1. The first-order valence-corrected chi connectivity index (χ1v) is 9.81. The summed E-state index contributed by atoms with van der Waals surface area (Å²) in [4.78, 5) is 9.50. The van der Waals surface area contributed by atoms with E-state index >= 15 is 0 Å². The van der Waals surface area contributed by atoms with E-state index in [1.807, 2.05) is 6.08 Å². The van der Waals surface area contributed by atoms with Crippen molar-refractivity contribution < 1.29 is 9.84 Å². The Kier molecular flexibility index (Phi) is 5.87. The molecule has 27 heavy (non-hydrogen) atoms. The number of aromatic nitrogens is 2. The third kappa shape index (κ3) is 4.01. The topological polar surface area (TPSA) is 81.3 Å². The molecular formula is C21H25N3O2S. The monoisotopic (exact) mass is 383 g/mol. The Labute approximate surface area is 164 Å². The lowest BCUT2D eigenvalue weighted by atomic mass is 9.90. The van der Waals surface area contributed by atoms with Crippen molar-refractivity contribution >= 4 is 23.2 Å². The molecule has 3 N–H and O–H groups in total. The summed E-state index contributed by atoms with van der Waals surface area (Å²) < 4.78 is 5.45. The van der Waals surface area contributed by atoms with Gasteiger partial charge in [-0.15, -0.1) is 11.8 Å². The van der Waals surface area contributed by atoms with E-state index in [-0.39, 0.29) is 0 Å². The minimum atomic E-state index is -0.720. The molecule has 3 rings (SSSR count). The molecule has 0 saturated carbocycles. The third-order valence-electron chi connectivity index (χ3n) is 4.75. The van der Waals surface area contributed by atoms with Crippen molar-refractivity contribution in [3.63, 3.8) is 0 Å². The van der Waals surface area contributed by atoms with Crippen molar-refractivity contribution in [1.29, 1.82) is 0 Å². The van der Waals surface area contributed by atoms with Crippen LogP contribution in [0.5, 0.6) is 0 Å². The molecule has 142 valence electrons. The van der Waals surface area contributed by atoms with Crippen molar-refractivity contribution in [2.75, 3.05) is 12.8 Å². The van der Waals surface area contributed by atoms with Gasteiger partial charge in [0.25, 0.3) is 0 Å². The molecule has 0 fully saturated rings. The normalized spacial score (nSPS) is 20.4. The van der Waals surface area contributed by atoms with Gasteiger partial charge in [0.15, 0.2) is 0 Å². The van der Waals surface area contributed by atoms with Crippen LogP contribution in [0.25, 0.3) is 5.57 Å². The second-order valence-electron chi connectivity index (χ2n) is 6.65. The number of hydrogen-bond acceptors (Lipinski definition) is 6. The lowest BCUT2D eigenvalue weighted by Gasteiger charge is -2.20. The standard InChI is InChI=1S/C21H25N3O2S/c1-5-13(8-15(26-4)10-17(25)12(2)3)14-6-7-16-18(9-14)27-20-19(16)23-11-24-21(20)22/h6-8,10-11,17-18,25H,2,5,9H2,1,3-4H3,(H2,22,23,24). The summed E-state index contributed by atoms with van der Waals surface area (Å²) in [5.41, 5.74) is 11.3. The van der Waals surface area contributed by atoms with Crippen LogP contribution in [0.15, 0.2) is 64.6 Å². The van der Waals surface area contributed by atoms with E-state index in [2.05, 4.69) is 35.6 Å². The second-order valence-corrected chi connectivity index (χ2v) is 7.86. The van der Waals surface area contributed by atoms with E-state index in [4.69, 9.17) is 10.5 Å². The third-order valence-corrected chi connectivity index (χ3v) is 6.10. The Morgan fingerprint density at radius 2 is 2.26 bits per heavy atom. The predicted octanol–water partition coefficient (Wildman–Crippen LogP) is 4.05. The van der Waals surface area contributed by atoms with Crippen LogP contribution in [0.4, 0.5) is 5.82 Å². The molecule has 1 aromatic heterocycles. The number of aliphatic hydroxyl groups is 1. The highest BCUT2D eigenvalue weighted by Gasteiger charge is 2.33. The van der Waals surface area contributed by atoms with Crippen LogP contribution in [-0.2, 0) is 4.74 Å². The first-order chi connectivity index (χ1) is 12.9. The van der Waals surface area contributed by atoms with Gasteiger partial charge in [-0.3, -0.25) is 0 Å². The van der Waals surface area contributed by atoms with Gasteiger partial charge in [-0.05, 0) is 54.2 Å². The summed E-state index contributed by atoms with van der Waals surface area (Å²) in [6.45, 7) is 7.69. The van der Waals surface area contributed by atoms with Gasteiger partial charge in [0.1, 0.15) is 17.9 Å². The van der Waals surface area contributed by atoms with Gasteiger partial charge in [0.05, 0.1) is 23.8 Å². The van der Waals surface area contributed by atoms with Gasteiger partial charge in [-0.2, -0.15) is 0 Å². The predicted molar refractivity (Wildman–Crippen MR) is 111 cm³/mol. The van der Waals surface area contributed by atoms with Crippen LogP contribution in [-0.4, -0.2) is 33.5 Å². The van der Waals surface area contributed by atoms with Crippen LogP contribution in [0.3, 0.4) is 0 Å². The number of fused-ring (bicyclic) bond motifs is 3. The van der Waals surface area contributed by atoms with Crippen LogP contribution < -0.4 is 5.73 Å². The number of allylic oxidation sites excluding steroid dienone is 5. The fourth-order valence-corrected chi connectivity index (χ4v) is 4.49. The Morgan fingerprint density at radius 3 is 2.93 bits per heavy atom. The summed E-state index contributed by atoms with van der Waals surface area (Å²) in [6, 6.07) is 0. The molecule has 6 heteroatoms. The molecule has 2 aliphatic rings. The minimum absolute atomic E-state index is 0.296. The number of aliphatic hydroxyl groups excluding tert-OH is 1. The minimum Gasteiger partial charge on any atom is -0.497 e. The van der Waals surface area contributed by atoms with Gasteiger partial charge in [-0.1, -0.05) is 25.7 Å². The van der Waals surface area contributed by atoms with Crippen molar-refractivity contribution in [2.45, 2.75) is 42.9 Å². The zero-order valence-corrected chi connectivity index (χ0v) is 16.7. The van der Waals surface area contributed by atoms with Gasteiger partial charge in [0.2, 0.25) is 0 Å². The highest BCUT2D eigenvalue weighted by atomic mass is 32.2. The molecule has 0 saturated heterocycles. The van der Waals surface area contributed by atoms with Gasteiger partial charge in [0, 0.05) is 5.25 Å². The van der Waals surface area contributed by atoms with Gasteiger partial charge >= 0.3 is 0 Å². The highest BCUT2D eigenvalue weighted by Crippen LogP contribution is 2.50. The van der Waals surface area contributed by atoms with E-state index in [1.54, 1.807) is 31.9 Å². The summed E-state index contributed by atoms with van der Waals surface area (Å²) in [5, 5.41) is 10.3. The Morgan fingerprint density at radius 1 is 1.48 bits per heavy atom. The summed E-state index contributed by atoms with van der Waals surface area (Å²) in [5.74, 6) is 1.18. The largest absolute Gasteiger partial charge is 0.497 e. The summed E-state index contributed by atoms with van der Waals surface area (Å²) in [6.07, 6.45) is 10.5. The van der Waals surface area contributed by atoms with Crippen molar-refractivity contribution in [3.8, 4) is 0 Å². The summed E-state index contributed by atoms with van der Waals surface area (Å²) in [7, 11) is 1.61. The molecule has 0 aromatic carbocycles. The maximum absolute atomic E-state index is 10.0. The van der Waals surface area contributed by atoms with Crippen molar-refractivity contribution in [2.24, 2.45) is 0 Å². The number of nitrogens with two attached hydrogens (primary N) is 1. The number of hydrogen-bond donors (Lipinski definition) is 2. The van der Waals surface area contributed by atoms with Crippen LogP contribution in [0, 0.1) is 0 Å². The Hall–Kier alpha value is -2.31. The SMILES string of the molecule is C=C(C)C(O)C=C(C=C(CC)C1=CC=C2c3ncnc(N)c3SC2C1)OC. The van der Waals surface area contributed by atoms with E-state index in [1.165, 1.54) is 23.0 Å². The molecule has 0 amide bonds. The van der Waals surface area contributed by atoms with E-state index < -0.39 is 6.10 Å². The van der Waals surface area contributed by atoms with E-state index in [0.717, 1.165) is 23.4 Å². The number of methoxy groups -OCH3 is 1. The molecule has 2 atom stereocenters. The molecule has 1 aromatic rings. The molecule has 2 unspecified atom stereocenters. The molecule has 2 heterocycles. The molecule has 5 nitrogen and oxygen atoms in total. The van der Waals surface area contributed by atoms with Crippen molar-refractivity contribution in [1.82, 2.24) is 9.97 Å². The number of nitrogen functional groups attached to an aromatic ring is 1. The van der Waals surface area contributed by atoms with E-state index in [9.17, 15) is 5.11 Å². The summed E-state index contributed by atoms with van der Waals surface area (Å²) >= 11 is 1.73. The lowest BCUT2D eigenvalue weighted by molar-refractivity contribution is 0.244. The van der Waals surface area contributed by atoms with Gasteiger partial charge < -0.3 is 15.6 Å². The first kappa shape index (κ1) is 19.5. The lowest BCUT2D eigenvalue weighted by Crippen LogP contribution is -2.09. The molecule has 0 bridgehead atoms. The number of anilines is 1. The van der Waals surface area contributed by atoms with Crippen LogP contribution in [0.1, 0.15) is 32.4 Å². The number of rotatable bonds is 6. The van der Waals surface area contributed by atoms with E-state index in [0.29, 0.717) is 22.4 Å². The molecular weight excluding hydrogens is 358 g/mol. The second kappa shape index (κ2) is 8.15. The highest BCUT2D eigenvalue weighted by molar-refractivity contribution is 8.01. The molecule has 0 spiro atoms. The number of nitrogens with zero attached hydrogens (tertiary/aromatic N) is 2. The average molecular weight is 384 g/mol. The number of thioether (sulfide) groups is 1. The quantitative estimate of drug-likeness (QED) is 0.438. The molecule has 1 aliphatic carbocycles. The van der Waals surface area contributed by atoms with Crippen LogP contribution in [0.2, 0.25) is 0 Å².